The number of hydrogen-bond donors (Lipinski definition) is 2. The third-order valence-electron chi connectivity index (χ3n) is 6.74. The van der Waals surface area contributed by atoms with Crippen molar-refractivity contribution < 1.29 is 23.4 Å². The second-order valence-electron chi connectivity index (χ2n) is 8.43. The van der Waals surface area contributed by atoms with E-state index in [9.17, 15) is 9.18 Å². The summed E-state index contributed by atoms with van der Waals surface area (Å²) in [5, 5.41) is 19.1. The predicted molar refractivity (Wildman–Crippen MR) is 107 cm³/mol. The molecule has 0 spiro atoms. The first kappa shape index (κ1) is 20.4. The average Bonchev–Trinajstić information content (AvgIpc) is 3.22. The van der Waals surface area contributed by atoms with Crippen LogP contribution in [0.25, 0.3) is 0 Å². The number of halogens is 1. The zero-order chi connectivity index (χ0) is 21.2. The van der Waals surface area contributed by atoms with Crippen molar-refractivity contribution in [1.29, 1.82) is 0 Å². The number of nitrogens with one attached hydrogen (secondary N) is 1. The van der Waals surface area contributed by atoms with Crippen molar-refractivity contribution in [2.45, 2.75) is 56.3 Å². The maximum atomic E-state index is 12.9. The molecule has 2 bridgehead atoms. The van der Waals surface area contributed by atoms with Crippen molar-refractivity contribution >= 4 is 6.09 Å². The number of hydrogen-bond acceptors (Lipinski definition) is 5. The number of rotatable bonds is 7. The Morgan fingerprint density at radius 2 is 1.80 bits per heavy atom. The van der Waals surface area contributed by atoms with Crippen LogP contribution in [-0.2, 0) is 10.8 Å². The normalized spacial score (nSPS) is 25.9. The Morgan fingerprint density at radius 3 is 2.33 bits per heavy atom. The number of ether oxygens (including phenoxy) is 1. The van der Waals surface area contributed by atoms with Crippen molar-refractivity contribution in [1.82, 2.24) is 15.5 Å². The standard InChI is InChI=1S/C22H26FN3O4/c1-15-25-26-19(30-15)22-9-6-21(7-10-22,8-11-22)17-2-4-18(5-3-17)29-14-16(12-23)13-24-20(27)28/h2-5,12,24H,6-11,13-14H2,1H3,(H,27,28). The highest BCUT2D eigenvalue weighted by atomic mass is 19.1. The van der Waals surface area contributed by atoms with Crippen LogP contribution in [0.4, 0.5) is 9.18 Å². The first-order chi connectivity index (χ1) is 14.4. The topological polar surface area (TPSA) is 97.5 Å². The highest BCUT2D eigenvalue weighted by Gasteiger charge is 2.52. The maximum Gasteiger partial charge on any atom is 0.404 e. The zero-order valence-corrected chi connectivity index (χ0v) is 17.0. The first-order valence-corrected chi connectivity index (χ1v) is 10.2. The average molecular weight is 415 g/mol. The molecule has 3 aliphatic rings. The van der Waals surface area contributed by atoms with Gasteiger partial charge in [0.15, 0.2) is 0 Å². The summed E-state index contributed by atoms with van der Waals surface area (Å²) >= 11 is 0. The fourth-order valence-electron chi connectivity index (χ4n) is 4.84. The lowest BCUT2D eigenvalue weighted by Crippen LogP contribution is -2.46. The predicted octanol–water partition coefficient (Wildman–Crippen LogP) is 4.42. The molecular weight excluding hydrogens is 389 g/mol. The molecule has 30 heavy (non-hydrogen) atoms. The van der Waals surface area contributed by atoms with E-state index in [1.54, 1.807) is 0 Å². The van der Waals surface area contributed by atoms with Crippen LogP contribution < -0.4 is 10.1 Å². The van der Waals surface area contributed by atoms with Gasteiger partial charge in [-0.2, -0.15) is 0 Å². The Bertz CT molecular complexity index is 914. The largest absolute Gasteiger partial charge is 0.489 e. The van der Waals surface area contributed by atoms with Gasteiger partial charge in [-0.1, -0.05) is 12.1 Å². The Morgan fingerprint density at radius 1 is 1.17 bits per heavy atom. The van der Waals surface area contributed by atoms with Gasteiger partial charge >= 0.3 is 6.09 Å². The smallest absolute Gasteiger partial charge is 0.404 e. The highest BCUT2D eigenvalue weighted by molar-refractivity contribution is 5.64. The number of aryl methyl sites for hydroxylation is 1. The number of nitrogens with zero attached hydrogens (tertiary/aromatic N) is 2. The fourth-order valence-corrected chi connectivity index (χ4v) is 4.84. The molecule has 2 aromatic rings. The number of aromatic nitrogens is 2. The minimum Gasteiger partial charge on any atom is -0.489 e. The molecule has 1 aromatic carbocycles. The summed E-state index contributed by atoms with van der Waals surface area (Å²) in [5.41, 5.74) is 1.74. The summed E-state index contributed by atoms with van der Waals surface area (Å²) in [7, 11) is 0. The third kappa shape index (κ3) is 3.91. The Balaban J connectivity index is 1.38. The van der Waals surface area contributed by atoms with Crippen LogP contribution in [0.15, 0.2) is 40.6 Å². The van der Waals surface area contributed by atoms with Crippen LogP contribution >= 0.6 is 0 Å². The lowest BCUT2D eigenvalue weighted by Gasteiger charge is -2.52. The monoisotopic (exact) mass is 415 g/mol. The molecule has 3 aliphatic carbocycles. The van der Waals surface area contributed by atoms with E-state index >= 15 is 0 Å². The van der Waals surface area contributed by atoms with Gasteiger partial charge < -0.3 is 19.6 Å². The van der Waals surface area contributed by atoms with Crippen LogP contribution in [-0.4, -0.2) is 34.5 Å². The van der Waals surface area contributed by atoms with Gasteiger partial charge in [-0.3, -0.25) is 0 Å². The Hall–Kier alpha value is -2.90. The number of carbonyl (C=O) groups is 1. The zero-order valence-electron chi connectivity index (χ0n) is 17.0. The molecule has 0 aliphatic heterocycles. The van der Waals surface area contributed by atoms with Crippen LogP contribution in [0.2, 0.25) is 0 Å². The van der Waals surface area contributed by atoms with Gasteiger partial charge in [0.05, 0.1) is 6.33 Å². The molecule has 7 nitrogen and oxygen atoms in total. The van der Waals surface area contributed by atoms with Gasteiger partial charge in [0.1, 0.15) is 12.4 Å². The molecule has 0 radical (unpaired) electrons. The summed E-state index contributed by atoms with van der Waals surface area (Å²) in [5.74, 6) is 2.06. The summed E-state index contributed by atoms with van der Waals surface area (Å²) in [4.78, 5) is 10.5. The van der Waals surface area contributed by atoms with Crippen LogP contribution in [0.5, 0.6) is 5.75 Å². The molecule has 160 valence electrons. The number of benzene rings is 1. The van der Waals surface area contributed by atoms with Crippen LogP contribution in [0.3, 0.4) is 0 Å². The molecule has 0 saturated heterocycles. The quantitative estimate of drug-likeness (QED) is 0.695. The molecule has 2 N–H and O–H groups in total. The fraction of sp³-hybridized carbons (Fsp3) is 0.500. The van der Waals surface area contributed by atoms with Crippen molar-refractivity contribution in [2.75, 3.05) is 13.2 Å². The third-order valence-corrected chi connectivity index (χ3v) is 6.74. The molecule has 8 heteroatoms. The van der Waals surface area contributed by atoms with Gasteiger partial charge in [0, 0.05) is 24.5 Å². The van der Waals surface area contributed by atoms with Crippen molar-refractivity contribution in [3.63, 3.8) is 0 Å². The SMILES string of the molecule is Cc1nnc(C23CCC(c4ccc(OCC(=CF)CNC(=O)O)cc4)(CC2)CC3)o1. The summed E-state index contributed by atoms with van der Waals surface area (Å²) < 4.78 is 24.3. The van der Waals surface area contributed by atoms with E-state index in [4.69, 9.17) is 14.3 Å². The van der Waals surface area contributed by atoms with E-state index in [0.717, 1.165) is 44.4 Å². The Kier molecular flexibility index (Phi) is 5.49. The van der Waals surface area contributed by atoms with Crippen LogP contribution in [0.1, 0.15) is 55.9 Å². The first-order valence-electron chi connectivity index (χ1n) is 10.2. The van der Waals surface area contributed by atoms with Gasteiger partial charge in [0.2, 0.25) is 11.8 Å². The van der Waals surface area contributed by atoms with Gasteiger partial charge in [0.25, 0.3) is 0 Å². The van der Waals surface area contributed by atoms with Gasteiger partial charge in [-0.05, 0) is 61.6 Å². The van der Waals surface area contributed by atoms with Crippen molar-refractivity contribution in [3.8, 4) is 5.75 Å². The molecule has 0 unspecified atom stereocenters. The summed E-state index contributed by atoms with van der Waals surface area (Å²) in [6.07, 6.45) is 5.59. The molecule has 1 aromatic heterocycles. The lowest BCUT2D eigenvalue weighted by atomic mass is 9.52. The molecule has 0 atom stereocenters. The van der Waals surface area contributed by atoms with E-state index in [1.165, 1.54) is 5.56 Å². The van der Waals surface area contributed by atoms with E-state index in [2.05, 4.69) is 27.6 Å². The second kappa shape index (κ2) is 8.08. The minimum absolute atomic E-state index is 0.00656. The molecule has 1 amide bonds. The number of fused-ring (bicyclic) bond motifs is 3. The lowest BCUT2D eigenvalue weighted by molar-refractivity contribution is 0.0801. The maximum absolute atomic E-state index is 12.9. The van der Waals surface area contributed by atoms with Crippen LogP contribution in [0, 0.1) is 6.92 Å². The van der Waals surface area contributed by atoms with Gasteiger partial charge in [-0.25, -0.2) is 9.18 Å². The molecule has 3 saturated carbocycles. The molecule has 1 heterocycles. The molecule has 5 rings (SSSR count). The number of amides is 1. The van der Waals surface area contributed by atoms with E-state index in [-0.39, 0.29) is 29.6 Å². The van der Waals surface area contributed by atoms with Crippen molar-refractivity contribution in [2.24, 2.45) is 0 Å². The van der Waals surface area contributed by atoms with E-state index < -0.39 is 6.09 Å². The number of carboxylic acid groups (broad SMARTS) is 1. The van der Waals surface area contributed by atoms with E-state index in [1.807, 2.05) is 19.1 Å². The molecule has 3 fully saturated rings. The molecular formula is C22H26FN3O4. The Labute approximate surface area is 174 Å². The second-order valence-corrected chi connectivity index (χ2v) is 8.43. The summed E-state index contributed by atoms with van der Waals surface area (Å²) in [6, 6.07) is 8.00. The highest BCUT2D eigenvalue weighted by Crippen LogP contribution is 2.58. The minimum atomic E-state index is -1.20. The van der Waals surface area contributed by atoms with Gasteiger partial charge in [-0.15, -0.1) is 10.2 Å². The summed E-state index contributed by atoms with van der Waals surface area (Å²) in [6.45, 7) is 1.73. The van der Waals surface area contributed by atoms with E-state index in [0.29, 0.717) is 18.0 Å². The van der Waals surface area contributed by atoms with Crippen molar-refractivity contribution in [3.05, 3.63) is 53.5 Å².